The highest BCUT2D eigenvalue weighted by molar-refractivity contribution is 5.85. The van der Waals surface area contributed by atoms with Crippen molar-refractivity contribution < 1.29 is 13.6 Å². The summed E-state index contributed by atoms with van der Waals surface area (Å²) in [7, 11) is 1.87. The SMILES string of the molecule is CN1CCC(F)(F)CC1.O=Cc1cnc2c(ccn2-c2cncc(-c3n[nH]c(C4CC4)n3)c2)c1. The number of likely N-dealkylation sites (tertiary alicyclic amines) is 1. The Morgan fingerprint density at radius 1 is 1.15 bits per heavy atom. The first-order valence-corrected chi connectivity index (χ1v) is 11.3. The highest BCUT2D eigenvalue weighted by Gasteiger charge is 2.32. The number of carbonyl (C=O) groups excluding carboxylic acids is 1. The number of piperidine rings is 1. The molecule has 1 N–H and O–H groups in total. The lowest BCUT2D eigenvalue weighted by molar-refractivity contribution is -0.0504. The number of hydrogen-bond acceptors (Lipinski definition) is 6. The number of halogens is 2. The first-order valence-electron chi connectivity index (χ1n) is 11.3. The van der Waals surface area contributed by atoms with Gasteiger partial charge in [-0.05, 0) is 38.1 Å². The summed E-state index contributed by atoms with van der Waals surface area (Å²) in [5.41, 5.74) is 3.06. The molecule has 5 heterocycles. The van der Waals surface area contributed by atoms with Gasteiger partial charge in [-0.1, -0.05) is 0 Å². The fourth-order valence-electron chi connectivity index (χ4n) is 3.88. The van der Waals surface area contributed by atoms with E-state index in [0.29, 0.717) is 30.4 Å². The molecule has 34 heavy (non-hydrogen) atoms. The van der Waals surface area contributed by atoms with Crippen LogP contribution in [0, 0.1) is 0 Å². The second kappa shape index (κ2) is 9.02. The summed E-state index contributed by atoms with van der Waals surface area (Å²) < 4.78 is 26.6. The second-order valence-electron chi connectivity index (χ2n) is 8.89. The van der Waals surface area contributed by atoms with Crippen molar-refractivity contribution in [2.45, 2.75) is 37.5 Å². The van der Waals surface area contributed by atoms with E-state index < -0.39 is 5.92 Å². The van der Waals surface area contributed by atoms with Crippen molar-refractivity contribution in [1.82, 2.24) is 34.6 Å². The minimum absolute atomic E-state index is 0.0312. The number of carbonyl (C=O) groups is 1. The Kier molecular flexibility index (Phi) is 5.91. The number of hydrogen-bond donors (Lipinski definition) is 1. The Morgan fingerprint density at radius 2 is 1.94 bits per heavy atom. The molecule has 0 bridgehead atoms. The summed E-state index contributed by atoms with van der Waals surface area (Å²) in [6, 6.07) is 5.74. The highest BCUT2D eigenvalue weighted by Crippen LogP contribution is 2.38. The molecule has 10 heteroatoms. The zero-order chi connectivity index (χ0) is 23.7. The summed E-state index contributed by atoms with van der Waals surface area (Å²) in [6.07, 6.45) is 10.2. The maximum Gasteiger partial charge on any atom is 0.250 e. The Bertz CT molecular complexity index is 1300. The van der Waals surface area contributed by atoms with Crippen molar-refractivity contribution in [1.29, 1.82) is 0 Å². The molecule has 1 saturated heterocycles. The smallest absolute Gasteiger partial charge is 0.250 e. The molecule has 4 aromatic heterocycles. The van der Waals surface area contributed by atoms with Gasteiger partial charge in [0, 0.05) is 67.0 Å². The molecule has 2 aliphatic rings. The molecule has 0 atom stereocenters. The largest absolute Gasteiger partial charge is 0.306 e. The predicted molar refractivity (Wildman–Crippen MR) is 123 cm³/mol. The van der Waals surface area contributed by atoms with Crippen LogP contribution in [0.15, 0.2) is 43.0 Å². The number of fused-ring (bicyclic) bond motifs is 1. The average molecular weight is 466 g/mol. The van der Waals surface area contributed by atoms with E-state index in [1.807, 2.05) is 40.9 Å². The van der Waals surface area contributed by atoms with Crippen LogP contribution in [-0.4, -0.2) is 67.0 Å². The topological polar surface area (TPSA) is 92.6 Å². The minimum atomic E-state index is -2.38. The summed E-state index contributed by atoms with van der Waals surface area (Å²) in [4.78, 5) is 26.1. The third-order valence-corrected chi connectivity index (χ3v) is 6.13. The number of rotatable bonds is 4. The number of H-pyrrole nitrogens is 1. The van der Waals surface area contributed by atoms with Crippen molar-refractivity contribution in [3.05, 3.63) is 54.4 Å². The van der Waals surface area contributed by atoms with E-state index >= 15 is 0 Å². The fourth-order valence-corrected chi connectivity index (χ4v) is 3.88. The standard InChI is InChI=1S/C18H14N6O.C6H11F2N/c25-10-11-5-13-3-4-24(18(13)20-7-11)15-6-14(8-19-9-15)17-21-16(22-23-17)12-1-2-12;1-9-4-2-6(7,8)3-5-9/h3-10,12H,1-2H2,(H,21,22,23);2-5H2,1H3. The van der Waals surface area contributed by atoms with Gasteiger partial charge in [-0.3, -0.25) is 19.4 Å². The Balaban J connectivity index is 0.000000227. The zero-order valence-corrected chi connectivity index (χ0v) is 18.8. The maximum atomic E-state index is 12.4. The molecule has 4 aromatic rings. The van der Waals surface area contributed by atoms with E-state index in [-0.39, 0.29) is 12.8 Å². The summed E-state index contributed by atoms with van der Waals surface area (Å²) in [6.45, 7) is 1.07. The van der Waals surface area contributed by atoms with Crippen LogP contribution in [0.1, 0.15) is 47.8 Å². The molecule has 8 nitrogen and oxygen atoms in total. The van der Waals surface area contributed by atoms with Gasteiger partial charge in [0.05, 0.1) is 11.9 Å². The molecule has 0 aromatic carbocycles. The van der Waals surface area contributed by atoms with Crippen LogP contribution in [0.25, 0.3) is 28.1 Å². The molecule has 1 aliphatic heterocycles. The number of alkyl halides is 2. The lowest BCUT2D eigenvalue weighted by atomic mass is 10.1. The molecule has 1 aliphatic carbocycles. The van der Waals surface area contributed by atoms with Gasteiger partial charge in [0.2, 0.25) is 0 Å². The summed E-state index contributed by atoms with van der Waals surface area (Å²) in [5, 5.41) is 8.24. The predicted octanol–water partition coefficient (Wildman–Crippen LogP) is 4.24. The van der Waals surface area contributed by atoms with E-state index in [1.54, 1.807) is 18.6 Å². The van der Waals surface area contributed by atoms with Gasteiger partial charge in [-0.25, -0.2) is 18.7 Å². The van der Waals surface area contributed by atoms with E-state index in [0.717, 1.165) is 34.4 Å². The van der Waals surface area contributed by atoms with Gasteiger partial charge in [0.1, 0.15) is 11.5 Å². The molecule has 0 unspecified atom stereocenters. The van der Waals surface area contributed by atoms with Crippen molar-refractivity contribution in [2.75, 3.05) is 20.1 Å². The van der Waals surface area contributed by atoms with E-state index in [1.165, 1.54) is 12.8 Å². The van der Waals surface area contributed by atoms with Crippen molar-refractivity contribution in [2.24, 2.45) is 0 Å². The van der Waals surface area contributed by atoms with Gasteiger partial charge in [0.25, 0.3) is 5.92 Å². The van der Waals surface area contributed by atoms with E-state index in [9.17, 15) is 13.6 Å². The summed E-state index contributed by atoms with van der Waals surface area (Å²) in [5.74, 6) is -0.243. The molecule has 0 spiro atoms. The number of pyridine rings is 2. The summed E-state index contributed by atoms with van der Waals surface area (Å²) >= 11 is 0. The molecular formula is C24H25F2N7O. The monoisotopic (exact) mass is 465 g/mol. The van der Waals surface area contributed by atoms with Crippen LogP contribution in [-0.2, 0) is 0 Å². The normalized spacial score (nSPS) is 17.9. The van der Waals surface area contributed by atoms with Gasteiger partial charge in [-0.15, -0.1) is 0 Å². The molecule has 2 fully saturated rings. The van der Waals surface area contributed by atoms with E-state index in [4.69, 9.17) is 0 Å². The van der Waals surface area contributed by atoms with Gasteiger partial charge in [0.15, 0.2) is 12.1 Å². The Labute approximate surface area is 195 Å². The first-order chi connectivity index (χ1) is 16.4. The lowest BCUT2D eigenvalue weighted by Gasteiger charge is -2.28. The van der Waals surface area contributed by atoms with Crippen LogP contribution in [0.3, 0.4) is 0 Å². The van der Waals surface area contributed by atoms with Gasteiger partial charge in [-0.2, -0.15) is 5.10 Å². The van der Waals surface area contributed by atoms with Crippen molar-refractivity contribution in [3.63, 3.8) is 0 Å². The van der Waals surface area contributed by atoms with Crippen LogP contribution >= 0.6 is 0 Å². The number of nitrogens with one attached hydrogen (secondary N) is 1. The van der Waals surface area contributed by atoms with Crippen molar-refractivity contribution >= 4 is 17.3 Å². The fraction of sp³-hybridized carbons (Fsp3) is 0.375. The Hall–Kier alpha value is -3.53. The van der Waals surface area contributed by atoms with Crippen LogP contribution in [0.5, 0.6) is 0 Å². The zero-order valence-electron chi connectivity index (χ0n) is 18.8. The van der Waals surface area contributed by atoms with Crippen molar-refractivity contribution in [3.8, 4) is 17.1 Å². The molecule has 176 valence electrons. The molecular weight excluding hydrogens is 440 g/mol. The highest BCUT2D eigenvalue weighted by atomic mass is 19.3. The first kappa shape index (κ1) is 22.3. The third kappa shape index (κ3) is 4.86. The van der Waals surface area contributed by atoms with E-state index in [2.05, 4.69) is 25.1 Å². The number of nitrogens with zero attached hydrogens (tertiary/aromatic N) is 6. The number of aromatic nitrogens is 6. The third-order valence-electron chi connectivity index (χ3n) is 6.13. The Morgan fingerprint density at radius 3 is 2.65 bits per heavy atom. The number of aromatic amines is 1. The molecule has 1 saturated carbocycles. The van der Waals surface area contributed by atoms with Crippen LogP contribution in [0.2, 0.25) is 0 Å². The van der Waals surface area contributed by atoms with Crippen LogP contribution < -0.4 is 0 Å². The van der Waals surface area contributed by atoms with Crippen LogP contribution in [0.4, 0.5) is 8.78 Å². The minimum Gasteiger partial charge on any atom is -0.306 e. The second-order valence-corrected chi connectivity index (χ2v) is 8.89. The number of aldehydes is 1. The van der Waals surface area contributed by atoms with Gasteiger partial charge >= 0.3 is 0 Å². The van der Waals surface area contributed by atoms with Gasteiger partial charge < -0.3 is 4.90 Å². The molecule has 0 radical (unpaired) electrons. The maximum absolute atomic E-state index is 12.4. The molecule has 0 amide bonds. The average Bonchev–Trinajstić information content (AvgIpc) is 3.42. The molecule has 6 rings (SSSR count). The quantitative estimate of drug-likeness (QED) is 0.453. The lowest BCUT2D eigenvalue weighted by Crippen LogP contribution is -2.36.